The monoisotopic (exact) mass is 305 g/mol. The van der Waals surface area contributed by atoms with Gasteiger partial charge < -0.3 is 14.8 Å². The van der Waals surface area contributed by atoms with Crippen molar-refractivity contribution in [1.82, 2.24) is 0 Å². The van der Waals surface area contributed by atoms with E-state index in [4.69, 9.17) is 21.1 Å². The summed E-state index contributed by atoms with van der Waals surface area (Å²) in [5.74, 6) is 1.57. The van der Waals surface area contributed by atoms with Crippen LogP contribution in [0, 0.1) is 0 Å². The number of hydrogen-bond donors (Lipinski definition) is 1. The minimum Gasteiger partial charge on any atom is -0.495 e. The molecule has 4 heteroatoms. The van der Waals surface area contributed by atoms with Gasteiger partial charge in [-0.1, -0.05) is 29.8 Å². The number of methoxy groups -OCH3 is 1. The van der Waals surface area contributed by atoms with E-state index in [0.717, 1.165) is 17.0 Å². The third-order valence-corrected chi connectivity index (χ3v) is 3.27. The molecule has 2 aromatic carbocycles. The largest absolute Gasteiger partial charge is 0.495 e. The van der Waals surface area contributed by atoms with Gasteiger partial charge in [-0.15, -0.1) is 0 Å². The first-order chi connectivity index (χ1) is 10.1. The Kier molecular flexibility index (Phi) is 5.34. The molecule has 112 valence electrons. The van der Waals surface area contributed by atoms with Gasteiger partial charge in [-0.3, -0.25) is 0 Å². The number of anilines is 1. The predicted octanol–water partition coefficient (Wildman–Crippen LogP) is 4.75. The molecule has 0 bridgehead atoms. The molecule has 3 nitrogen and oxygen atoms in total. The molecule has 0 amide bonds. The number of nitrogens with one attached hydrogen (secondary N) is 1. The minimum absolute atomic E-state index is 0.154. The standard InChI is InChI=1S/C17H20ClNO2/c1-12(2)21-16-7-5-4-6-13(16)11-19-14-8-9-17(20-3)15(18)10-14/h4-10,12,19H,11H2,1-3H3. The number of halogens is 1. The van der Waals surface area contributed by atoms with E-state index in [0.29, 0.717) is 17.3 Å². The Bertz CT molecular complexity index is 599. The van der Waals surface area contributed by atoms with Crippen molar-refractivity contribution in [3.8, 4) is 11.5 Å². The normalized spacial score (nSPS) is 10.5. The van der Waals surface area contributed by atoms with Crippen LogP contribution in [0.25, 0.3) is 0 Å². The third kappa shape index (κ3) is 4.30. The molecule has 1 N–H and O–H groups in total. The van der Waals surface area contributed by atoms with Gasteiger partial charge in [0.1, 0.15) is 11.5 Å². The molecule has 0 saturated carbocycles. The second kappa shape index (κ2) is 7.23. The van der Waals surface area contributed by atoms with E-state index in [1.54, 1.807) is 7.11 Å². The maximum Gasteiger partial charge on any atom is 0.137 e. The van der Waals surface area contributed by atoms with Crippen LogP contribution in [0.5, 0.6) is 11.5 Å². The van der Waals surface area contributed by atoms with Crippen molar-refractivity contribution in [3.05, 3.63) is 53.1 Å². The second-order valence-electron chi connectivity index (χ2n) is 4.98. The zero-order chi connectivity index (χ0) is 15.2. The first-order valence-electron chi connectivity index (χ1n) is 6.92. The van der Waals surface area contributed by atoms with Crippen molar-refractivity contribution >= 4 is 17.3 Å². The van der Waals surface area contributed by atoms with Gasteiger partial charge in [0.05, 0.1) is 18.2 Å². The van der Waals surface area contributed by atoms with E-state index < -0.39 is 0 Å². The lowest BCUT2D eigenvalue weighted by Crippen LogP contribution is -2.09. The Morgan fingerprint density at radius 2 is 1.86 bits per heavy atom. The Hall–Kier alpha value is -1.87. The molecule has 0 atom stereocenters. The van der Waals surface area contributed by atoms with Crippen LogP contribution in [0.4, 0.5) is 5.69 Å². The predicted molar refractivity (Wildman–Crippen MR) is 87.5 cm³/mol. The van der Waals surface area contributed by atoms with Crippen LogP contribution in [0.1, 0.15) is 19.4 Å². The Balaban J connectivity index is 2.08. The summed E-state index contributed by atoms with van der Waals surface area (Å²) in [6.45, 7) is 4.71. The van der Waals surface area contributed by atoms with E-state index in [1.165, 1.54) is 0 Å². The van der Waals surface area contributed by atoms with Crippen molar-refractivity contribution in [2.24, 2.45) is 0 Å². The molecule has 0 unspecified atom stereocenters. The van der Waals surface area contributed by atoms with Gasteiger partial charge in [-0.05, 0) is 38.1 Å². The van der Waals surface area contributed by atoms with Crippen molar-refractivity contribution in [3.63, 3.8) is 0 Å². The lowest BCUT2D eigenvalue weighted by Gasteiger charge is -2.15. The number of rotatable bonds is 6. The van der Waals surface area contributed by atoms with Gasteiger partial charge in [0.15, 0.2) is 0 Å². The van der Waals surface area contributed by atoms with Gasteiger partial charge in [0, 0.05) is 17.8 Å². The van der Waals surface area contributed by atoms with Gasteiger partial charge in [0.2, 0.25) is 0 Å². The zero-order valence-electron chi connectivity index (χ0n) is 12.5. The zero-order valence-corrected chi connectivity index (χ0v) is 13.3. The average molecular weight is 306 g/mol. The first-order valence-corrected chi connectivity index (χ1v) is 7.30. The van der Waals surface area contributed by atoms with Crippen LogP contribution in [-0.4, -0.2) is 13.2 Å². The quantitative estimate of drug-likeness (QED) is 0.835. The van der Waals surface area contributed by atoms with Crippen LogP contribution in [0.15, 0.2) is 42.5 Å². The first kappa shape index (κ1) is 15.5. The van der Waals surface area contributed by atoms with Crippen LogP contribution in [0.3, 0.4) is 0 Å². The van der Waals surface area contributed by atoms with Crippen LogP contribution in [0.2, 0.25) is 5.02 Å². The molecule has 0 aliphatic heterocycles. The van der Waals surface area contributed by atoms with E-state index in [1.807, 2.05) is 50.2 Å². The molecule has 0 radical (unpaired) electrons. The van der Waals surface area contributed by atoms with E-state index in [9.17, 15) is 0 Å². The van der Waals surface area contributed by atoms with Gasteiger partial charge in [-0.2, -0.15) is 0 Å². The molecule has 21 heavy (non-hydrogen) atoms. The van der Waals surface area contributed by atoms with Crippen molar-refractivity contribution < 1.29 is 9.47 Å². The molecular weight excluding hydrogens is 286 g/mol. The van der Waals surface area contributed by atoms with Crippen molar-refractivity contribution in [2.75, 3.05) is 12.4 Å². The van der Waals surface area contributed by atoms with Gasteiger partial charge >= 0.3 is 0 Å². The van der Waals surface area contributed by atoms with E-state index >= 15 is 0 Å². The Morgan fingerprint density at radius 1 is 1.10 bits per heavy atom. The number of hydrogen-bond acceptors (Lipinski definition) is 3. The van der Waals surface area contributed by atoms with Crippen LogP contribution < -0.4 is 14.8 Å². The summed E-state index contributed by atoms with van der Waals surface area (Å²) in [7, 11) is 1.60. The van der Waals surface area contributed by atoms with E-state index in [-0.39, 0.29) is 6.10 Å². The molecule has 0 aliphatic carbocycles. The highest BCUT2D eigenvalue weighted by atomic mass is 35.5. The van der Waals surface area contributed by atoms with Crippen molar-refractivity contribution in [2.45, 2.75) is 26.5 Å². The Morgan fingerprint density at radius 3 is 2.52 bits per heavy atom. The highest BCUT2D eigenvalue weighted by Crippen LogP contribution is 2.28. The lowest BCUT2D eigenvalue weighted by atomic mass is 10.2. The smallest absolute Gasteiger partial charge is 0.137 e. The molecular formula is C17H20ClNO2. The maximum atomic E-state index is 6.12. The van der Waals surface area contributed by atoms with Crippen LogP contribution in [-0.2, 0) is 6.54 Å². The lowest BCUT2D eigenvalue weighted by molar-refractivity contribution is 0.240. The summed E-state index contributed by atoms with van der Waals surface area (Å²) in [5, 5.41) is 3.94. The topological polar surface area (TPSA) is 30.5 Å². The fourth-order valence-corrected chi connectivity index (χ4v) is 2.25. The Labute approximate surface area is 130 Å². The summed E-state index contributed by atoms with van der Waals surface area (Å²) in [6.07, 6.45) is 0.154. The van der Waals surface area contributed by atoms with Gasteiger partial charge in [-0.25, -0.2) is 0 Å². The summed E-state index contributed by atoms with van der Waals surface area (Å²) in [4.78, 5) is 0. The molecule has 0 saturated heterocycles. The summed E-state index contributed by atoms with van der Waals surface area (Å²) >= 11 is 6.12. The molecule has 0 heterocycles. The number of para-hydroxylation sites is 1. The molecule has 0 aliphatic rings. The summed E-state index contributed by atoms with van der Waals surface area (Å²) < 4.78 is 11.0. The van der Waals surface area contributed by atoms with E-state index in [2.05, 4.69) is 11.4 Å². The summed E-state index contributed by atoms with van der Waals surface area (Å²) in [5.41, 5.74) is 2.05. The SMILES string of the molecule is COc1ccc(NCc2ccccc2OC(C)C)cc1Cl. The fraction of sp³-hybridized carbons (Fsp3) is 0.294. The third-order valence-electron chi connectivity index (χ3n) is 2.97. The molecule has 0 aromatic heterocycles. The number of ether oxygens (including phenoxy) is 2. The fourth-order valence-electron chi connectivity index (χ4n) is 1.99. The molecule has 0 spiro atoms. The minimum atomic E-state index is 0.154. The highest BCUT2D eigenvalue weighted by Gasteiger charge is 2.06. The second-order valence-corrected chi connectivity index (χ2v) is 5.38. The summed E-state index contributed by atoms with van der Waals surface area (Å²) in [6, 6.07) is 13.7. The van der Waals surface area contributed by atoms with Gasteiger partial charge in [0.25, 0.3) is 0 Å². The molecule has 0 fully saturated rings. The average Bonchev–Trinajstić information content (AvgIpc) is 2.46. The molecule has 2 aromatic rings. The highest BCUT2D eigenvalue weighted by molar-refractivity contribution is 6.32. The molecule has 2 rings (SSSR count). The number of benzene rings is 2. The maximum absolute atomic E-state index is 6.12. The van der Waals surface area contributed by atoms with Crippen molar-refractivity contribution in [1.29, 1.82) is 0 Å². The van der Waals surface area contributed by atoms with Crippen LogP contribution >= 0.6 is 11.6 Å².